The first kappa shape index (κ1) is 36.4. The van der Waals surface area contributed by atoms with E-state index in [1.165, 1.54) is 122 Å². The normalized spacial score (nSPS) is 13.1. The smallest absolute Gasteiger partial charge is 0.308 e. The van der Waals surface area contributed by atoms with Gasteiger partial charge < -0.3 is 14.6 Å². The molecule has 0 aliphatic rings. The molecule has 4 heteroatoms. The molecule has 0 bridgehead atoms. The van der Waals surface area contributed by atoms with Gasteiger partial charge in [-0.1, -0.05) is 156 Å². The van der Waals surface area contributed by atoms with Gasteiger partial charge in [-0.05, 0) is 12.8 Å². The lowest BCUT2D eigenvalue weighted by Crippen LogP contribution is -2.39. The topological polar surface area (TPSA) is 55.8 Å². The number of rotatable bonds is 30. The summed E-state index contributed by atoms with van der Waals surface area (Å²) >= 11 is 0. The number of aliphatic hydroxyl groups is 1. The van der Waals surface area contributed by atoms with Crippen molar-refractivity contribution in [1.82, 2.24) is 0 Å². The lowest BCUT2D eigenvalue weighted by atomic mass is 10.0. The number of carbonyl (C=O) groups excluding carboxylic acids is 1. The fourth-order valence-electron chi connectivity index (χ4n) is 5.07. The summed E-state index contributed by atoms with van der Waals surface area (Å²) in [5, 5.41) is 9.46. The predicted octanol–water partition coefficient (Wildman–Crippen LogP) is 10.4. The lowest BCUT2D eigenvalue weighted by Gasteiger charge is -2.32. The van der Waals surface area contributed by atoms with Crippen LogP contribution in [0, 0.1) is 0 Å². The zero-order valence-corrected chi connectivity index (χ0v) is 25.5. The van der Waals surface area contributed by atoms with Crippen LogP contribution in [0.5, 0.6) is 0 Å². The van der Waals surface area contributed by atoms with E-state index >= 15 is 0 Å². The summed E-state index contributed by atoms with van der Waals surface area (Å²) in [6, 6.07) is 0. The molecule has 0 aromatic rings. The molecule has 0 heterocycles. The number of carbonyl (C=O) groups is 1. The summed E-state index contributed by atoms with van der Waals surface area (Å²) in [6.45, 7) is 6.99. The van der Waals surface area contributed by atoms with E-state index in [4.69, 9.17) is 9.47 Å². The fraction of sp³-hybridized carbons (Fsp3) is 0.970. The third-order valence-corrected chi connectivity index (χ3v) is 7.68. The van der Waals surface area contributed by atoms with E-state index in [9.17, 15) is 9.90 Å². The summed E-state index contributed by atoms with van der Waals surface area (Å²) in [5.74, 6) is -1.14. The van der Waals surface area contributed by atoms with Crippen LogP contribution in [0.3, 0.4) is 0 Å². The van der Waals surface area contributed by atoms with Gasteiger partial charge in [0.15, 0.2) is 0 Å². The Balaban J connectivity index is 3.60. The Labute approximate surface area is 232 Å². The Kier molecular flexibility index (Phi) is 27.9. The predicted molar refractivity (Wildman–Crippen MR) is 159 cm³/mol. The van der Waals surface area contributed by atoms with Crippen molar-refractivity contribution in [2.45, 2.75) is 193 Å². The Morgan fingerprint density at radius 2 is 0.946 bits per heavy atom. The highest BCUT2D eigenvalue weighted by Gasteiger charge is 2.32. The van der Waals surface area contributed by atoms with E-state index in [0.717, 1.165) is 25.7 Å². The summed E-state index contributed by atoms with van der Waals surface area (Å²) in [5.41, 5.74) is 0. The molecule has 0 fully saturated rings. The van der Waals surface area contributed by atoms with Crippen molar-refractivity contribution in [2.24, 2.45) is 0 Å². The SMILES string of the molecule is CCCCCCCCCCCCCCCCCCCCCC(=O)OC(CC)(CCO)OCCCCCC. The summed E-state index contributed by atoms with van der Waals surface area (Å²) in [6.07, 6.45) is 31.5. The molecule has 1 unspecified atom stereocenters. The van der Waals surface area contributed by atoms with Gasteiger partial charge in [0.05, 0.1) is 6.61 Å². The number of hydrogen-bond donors (Lipinski definition) is 1. The van der Waals surface area contributed by atoms with Crippen LogP contribution in [-0.2, 0) is 14.3 Å². The largest absolute Gasteiger partial charge is 0.433 e. The average Bonchev–Trinajstić information content (AvgIpc) is 2.90. The molecular weight excluding hydrogens is 460 g/mol. The Bertz CT molecular complexity index is 467. The van der Waals surface area contributed by atoms with Crippen molar-refractivity contribution in [2.75, 3.05) is 13.2 Å². The molecule has 0 saturated carbocycles. The van der Waals surface area contributed by atoms with Crippen LogP contribution in [0.1, 0.15) is 188 Å². The Morgan fingerprint density at radius 1 is 0.568 bits per heavy atom. The van der Waals surface area contributed by atoms with Crippen LogP contribution >= 0.6 is 0 Å². The molecule has 4 nitrogen and oxygen atoms in total. The number of hydrogen-bond acceptors (Lipinski definition) is 4. The molecule has 0 radical (unpaired) electrons. The van der Waals surface area contributed by atoms with E-state index in [0.29, 0.717) is 25.9 Å². The van der Waals surface area contributed by atoms with Crippen molar-refractivity contribution in [3.63, 3.8) is 0 Å². The zero-order chi connectivity index (χ0) is 27.3. The highest BCUT2D eigenvalue weighted by molar-refractivity contribution is 5.69. The van der Waals surface area contributed by atoms with Crippen molar-refractivity contribution in [1.29, 1.82) is 0 Å². The first-order valence-electron chi connectivity index (χ1n) is 16.6. The highest BCUT2D eigenvalue weighted by atomic mass is 16.7. The van der Waals surface area contributed by atoms with E-state index in [-0.39, 0.29) is 12.6 Å². The van der Waals surface area contributed by atoms with Crippen molar-refractivity contribution in [3.05, 3.63) is 0 Å². The highest BCUT2D eigenvalue weighted by Crippen LogP contribution is 2.24. The van der Waals surface area contributed by atoms with Crippen LogP contribution < -0.4 is 0 Å². The second-order valence-electron chi connectivity index (χ2n) is 11.2. The van der Waals surface area contributed by atoms with Gasteiger partial charge in [-0.15, -0.1) is 0 Å². The minimum atomic E-state index is -0.952. The van der Waals surface area contributed by atoms with Gasteiger partial charge >= 0.3 is 5.97 Å². The second kappa shape index (κ2) is 28.4. The third kappa shape index (κ3) is 24.2. The minimum Gasteiger partial charge on any atom is -0.433 e. The van der Waals surface area contributed by atoms with Gasteiger partial charge in [-0.3, -0.25) is 4.79 Å². The van der Waals surface area contributed by atoms with Gasteiger partial charge in [-0.25, -0.2) is 0 Å². The van der Waals surface area contributed by atoms with Crippen molar-refractivity contribution < 1.29 is 19.4 Å². The molecule has 1 N–H and O–H groups in total. The minimum absolute atomic E-state index is 0.0324. The molecule has 0 aromatic heterocycles. The van der Waals surface area contributed by atoms with Crippen LogP contribution in [0.2, 0.25) is 0 Å². The number of aliphatic hydroxyl groups excluding tert-OH is 1. The summed E-state index contributed by atoms with van der Waals surface area (Å²) in [4.78, 5) is 12.4. The van der Waals surface area contributed by atoms with E-state index in [1.807, 2.05) is 6.92 Å². The number of esters is 1. The van der Waals surface area contributed by atoms with Gasteiger partial charge in [0, 0.05) is 25.9 Å². The van der Waals surface area contributed by atoms with E-state index in [1.54, 1.807) is 0 Å². The van der Waals surface area contributed by atoms with Crippen LogP contribution in [0.25, 0.3) is 0 Å². The average molecular weight is 527 g/mol. The van der Waals surface area contributed by atoms with E-state index < -0.39 is 5.79 Å². The maximum absolute atomic E-state index is 12.4. The lowest BCUT2D eigenvalue weighted by molar-refractivity contribution is -0.239. The third-order valence-electron chi connectivity index (χ3n) is 7.68. The molecule has 0 aliphatic carbocycles. The zero-order valence-electron chi connectivity index (χ0n) is 25.5. The van der Waals surface area contributed by atoms with E-state index in [2.05, 4.69) is 13.8 Å². The van der Waals surface area contributed by atoms with Crippen molar-refractivity contribution in [3.8, 4) is 0 Å². The van der Waals surface area contributed by atoms with Gasteiger partial charge in [0.1, 0.15) is 0 Å². The molecule has 37 heavy (non-hydrogen) atoms. The summed E-state index contributed by atoms with van der Waals surface area (Å²) in [7, 11) is 0. The molecular formula is C33H66O4. The number of ether oxygens (including phenoxy) is 2. The van der Waals surface area contributed by atoms with Gasteiger partial charge in [-0.2, -0.15) is 0 Å². The maximum Gasteiger partial charge on any atom is 0.308 e. The monoisotopic (exact) mass is 526 g/mol. The Morgan fingerprint density at radius 3 is 1.32 bits per heavy atom. The molecule has 0 aliphatic heterocycles. The quantitative estimate of drug-likeness (QED) is 0.0574. The maximum atomic E-state index is 12.4. The van der Waals surface area contributed by atoms with Gasteiger partial charge in [0.2, 0.25) is 5.79 Å². The molecule has 0 spiro atoms. The number of unbranched alkanes of at least 4 members (excludes halogenated alkanes) is 21. The molecule has 0 rings (SSSR count). The standard InChI is InChI=1S/C33H66O4/c1-4-7-9-11-12-13-14-15-16-17-18-19-20-21-22-23-24-25-26-28-32(35)37-33(6-3,29-30-34)36-31-27-10-8-5-2/h34H,4-31H2,1-3H3. The fourth-order valence-corrected chi connectivity index (χ4v) is 5.07. The summed E-state index contributed by atoms with van der Waals surface area (Å²) < 4.78 is 11.7. The Hall–Kier alpha value is -0.610. The molecule has 0 aromatic carbocycles. The molecule has 222 valence electrons. The molecule has 0 saturated heterocycles. The van der Waals surface area contributed by atoms with Crippen molar-refractivity contribution >= 4 is 5.97 Å². The molecule has 0 amide bonds. The molecule has 1 atom stereocenters. The van der Waals surface area contributed by atoms with Gasteiger partial charge in [0.25, 0.3) is 0 Å². The van der Waals surface area contributed by atoms with Crippen LogP contribution in [0.15, 0.2) is 0 Å². The first-order chi connectivity index (χ1) is 18.1. The van der Waals surface area contributed by atoms with Crippen LogP contribution in [0.4, 0.5) is 0 Å². The van der Waals surface area contributed by atoms with Crippen LogP contribution in [-0.4, -0.2) is 30.1 Å². The second-order valence-corrected chi connectivity index (χ2v) is 11.2. The first-order valence-corrected chi connectivity index (χ1v) is 16.6.